The molecule has 9 nitrogen and oxygen atoms in total. The van der Waals surface area contributed by atoms with E-state index in [9.17, 15) is 18.0 Å². The Kier molecular flexibility index (Phi) is 8.11. The maximum atomic E-state index is 13.2. The molecular weight excluding hydrogens is 583 g/mol. The number of benzene rings is 1. The number of fused-ring (bicyclic) bond motifs is 1. The molecule has 1 amide bonds. The maximum absolute atomic E-state index is 13.2. The Morgan fingerprint density at radius 1 is 1.00 bits per heavy atom. The van der Waals surface area contributed by atoms with Gasteiger partial charge in [0.25, 0.3) is 11.5 Å². The summed E-state index contributed by atoms with van der Waals surface area (Å²) in [6, 6.07) is 13.3. The molecule has 3 aromatic heterocycles. The average molecular weight is 618 g/mol. The molecule has 0 saturated carbocycles. The largest absolute Gasteiger partial charge is 0.368 e. The molecule has 224 valence electrons. The van der Waals surface area contributed by atoms with Crippen LogP contribution in [0.15, 0.2) is 59.7 Å². The van der Waals surface area contributed by atoms with Gasteiger partial charge in [0.2, 0.25) is 0 Å². The average Bonchev–Trinajstić information content (AvgIpc) is 3.27. The minimum atomic E-state index is -2.97. The van der Waals surface area contributed by atoms with Gasteiger partial charge in [0.15, 0.2) is 9.84 Å². The number of anilines is 4. The van der Waals surface area contributed by atoms with Crippen LogP contribution in [0.3, 0.4) is 0 Å². The monoisotopic (exact) mass is 617 g/mol. The lowest BCUT2D eigenvalue weighted by Crippen LogP contribution is -2.40. The van der Waals surface area contributed by atoms with Crippen molar-refractivity contribution in [1.82, 2.24) is 9.55 Å². The highest BCUT2D eigenvalue weighted by Gasteiger charge is 2.22. The molecule has 0 unspecified atom stereocenters. The number of thiophene rings is 1. The highest BCUT2D eigenvalue weighted by atomic mass is 32.2. The molecule has 2 N–H and O–H groups in total. The van der Waals surface area contributed by atoms with Crippen molar-refractivity contribution < 1.29 is 13.2 Å². The van der Waals surface area contributed by atoms with Crippen molar-refractivity contribution in [3.63, 3.8) is 0 Å². The van der Waals surface area contributed by atoms with Crippen LogP contribution in [0.1, 0.15) is 44.9 Å². The third kappa shape index (κ3) is 6.37. The Hall–Kier alpha value is -3.96. The zero-order valence-electron chi connectivity index (χ0n) is 24.4. The topological polar surface area (TPSA) is 113 Å². The van der Waals surface area contributed by atoms with E-state index in [2.05, 4.69) is 21.7 Å². The third-order valence-corrected chi connectivity index (χ3v) is 11.1. The Balaban J connectivity index is 1.21. The van der Waals surface area contributed by atoms with E-state index in [1.165, 1.54) is 34.3 Å². The molecule has 1 aliphatic carbocycles. The van der Waals surface area contributed by atoms with Gasteiger partial charge < -0.3 is 20.1 Å². The van der Waals surface area contributed by atoms with E-state index in [4.69, 9.17) is 0 Å². The van der Waals surface area contributed by atoms with Crippen LogP contribution in [-0.2, 0) is 29.7 Å². The fourth-order valence-electron chi connectivity index (χ4n) is 5.75. The van der Waals surface area contributed by atoms with Crippen LogP contribution >= 0.6 is 11.3 Å². The number of hydrogen-bond donors (Lipinski definition) is 2. The van der Waals surface area contributed by atoms with Crippen LogP contribution in [0.5, 0.6) is 0 Å². The fraction of sp³-hybridized carbons (Fsp3) is 0.344. The second-order valence-corrected chi connectivity index (χ2v) is 14.7. The maximum Gasteiger partial charge on any atom is 0.274 e. The van der Waals surface area contributed by atoms with Crippen LogP contribution in [0, 0.1) is 6.92 Å². The van der Waals surface area contributed by atoms with E-state index >= 15 is 0 Å². The van der Waals surface area contributed by atoms with Crippen LogP contribution in [-0.4, -0.2) is 48.5 Å². The Morgan fingerprint density at radius 3 is 2.56 bits per heavy atom. The lowest BCUT2D eigenvalue weighted by atomic mass is 10.00. The van der Waals surface area contributed by atoms with Gasteiger partial charge in [0, 0.05) is 42.5 Å². The number of aryl methyl sites for hydroxylation is 3. The summed E-state index contributed by atoms with van der Waals surface area (Å²) in [7, 11) is -1.26. The summed E-state index contributed by atoms with van der Waals surface area (Å²) in [5.41, 5.74) is 5.70. The molecule has 4 heterocycles. The molecule has 11 heteroatoms. The van der Waals surface area contributed by atoms with E-state index in [1.54, 1.807) is 42.9 Å². The Labute approximate surface area is 255 Å². The lowest BCUT2D eigenvalue weighted by Gasteiger charge is -2.28. The van der Waals surface area contributed by atoms with E-state index in [-0.39, 0.29) is 23.0 Å². The lowest BCUT2D eigenvalue weighted by molar-refractivity contribution is 0.103. The molecule has 1 aromatic carbocycles. The number of pyridine rings is 2. The van der Waals surface area contributed by atoms with Gasteiger partial charge in [0.05, 0.1) is 28.3 Å². The molecule has 1 aliphatic heterocycles. The highest BCUT2D eigenvalue weighted by Crippen LogP contribution is 2.32. The van der Waals surface area contributed by atoms with Crippen molar-refractivity contribution in [2.45, 2.75) is 39.0 Å². The number of carbonyl (C=O) groups excluding carboxylic acids is 1. The molecule has 6 rings (SSSR count). The van der Waals surface area contributed by atoms with Gasteiger partial charge in [-0.05, 0) is 79.6 Å². The minimum Gasteiger partial charge on any atom is -0.368 e. The summed E-state index contributed by atoms with van der Waals surface area (Å²) in [5, 5.41) is 6.27. The minimum absolute atomic E-state index is 0.0955. The summed E-state index contributed by atoms with van der Waals surface area (Å²) in [4.78, 5) is 34.8. The van der Waals surface area contributed by atoms with Crippen molar-refractivity contribution in [1.29, 1.82) is 0 Å². The van der Waals surface area contributed by atoms with Crippen molar-refractivity contribution >= 4 is 50.0 Å². The van der Waals surface area contributed by atoms with Crippen LogP contribution in [0.4, 0.5) is 22.9 Å². The molecule has 0 spiro atoms. The predicted octanol–water partition coefficient (Wildman–Crippen LogP) is 5.32. The van der Waals surface area contributed by atoms with Crippen molar-refractivity contribution in [2.24, 2.45) is 7.05 Å². The number of nitrogens with one attached hydrogen (secondary N) is 2. The van der Waals surface area contributed by atoms with E-state index < -0.39 is 9.84 Å². The molecule has 1 saturated heterocycles. The summed E-state index contributed by atoms with van der Waals surface area (Å²) in [6.45, 7) is 2.85. The normalized spacial score (nSPS) is 16.3. The van der Waals surface area contributed by atoms with Gasteiger partial charge in [-0.1, -0.05) is 18.6 Å². The van der Waals surface area contributed by atoms with Crippen LogP contribution in [0.2, 0.25) is 0 Å². The molecule has 2 aliphatic rings. The van der Waals surface area contributed by atoms with Gasteiger partial charge in [0.1, 0.15) is 11.5 Å². The quantitative estimate of drug-likeness (QED) is 0.282. The van der Waals surface area contributed by atoms with E-state index in [1.807, 2.05) is 36.1 Å². The summed E-state index contributed by atoms with van der Waals surface area (Å²) in [6.07, 6.45) is 9.18. The molecule has 4 aromatic rings. The van der Waals surface area contributed by atoms with E-state index in [0.29, 0.717) is 24.6 Å². The fourth-order valence-corrected chi connectivity index (χ4v) is 8.10. The number of aromatic nitrogens is 2. The second kappa shape index (κ2) is 12.0. The Bertz CT molecular complexity index is 1810. The molecule has 43 heavy (non-hydrogen) atoms. The first-order valence-electron chi connectivity index (χ1n) is 14.6. The number of carbonyl (C=O) groups is 1. The first-order chi connectivity index (χ1) is 20.7. The smallest absolute Gasteiger partial charge is 0.274 e. The van der Waals surface area contributed by atoms with Gasteiger partial charge >= 0.3 is 0 Å². The second-order valence-electron chi connectivity index (χ2n) is 11.3. The molecular formula is C32H35N5O4S2. The Morgan fingerprint density at radius 2 is 1.79 bits per heavy atom. The molecule has 1 fully saturated rings. The van der Waals surface area contributed by atoms with Crippen molar-refractivity contribution in [2.75, 3.05) is 40.1 Å². The van der Waals surface area contributed by atoms with E-state index in [0.717, 1.165) is 45.8 Å². The zero-order chi connectivity index (χ0) is 30.1. The standard InChI is InChI=1S/C32H35N5O4S2/c1-21-25(8-6-9-26(21)35-31(38)29-18-22-7-4-3-5-10-28(22)42-29)23-17-27(32(39)36(2)20-23)34-30-12-11-24(19-33-30)37-13-15-43(40,41)16-14-37/h6,8-9,11-12,17-20H,3-5,7,10,13-16H2,1-2H3,(H,33,34)(H,35,38). The van der Waals surface area contributed by atoms with Crippen LogP contribution < -0.4 is 21.1 Å². The number of sulfone groups is 1. The molecule has 0 radical (unpaired) electrons. The van der Waals surface area contributed by atoms with Crippen molar-refractivity contribution in [3.05, 3.63) is 86.1 Å². The first-order valence-corrected chi connectivity index (χ1v) is 17.2. The van der Waals surface area contributed by atoms with Gasteiger partial charge in [-0.2, -0.15) is 0 Å². The summed E-state index contributed by atoms with van der Waals surface area (Å²) < 4.78 is 25.1. The predicted molar refractivity (Wildman–Crippen MR) is 174 cm³/mol. The molecule has 0 atom stereocenters. The molecule has 0 bridgehead atoms. The van der Waals surface area contributed by atoms with Crippen molar-refractivity contribution in [3.8, 4) is 11.1 Å². The third-order valence-electron chi connectivity index (χ3n) is 8.27. The number of amides is 1. The highest BCUT2D eigenvalue weighted by molar-refractivity contribution is 7.91. The zero-order valence-corrected chi connectivity index (χ0v) is 26.0. The van der Waals surface area contributed by atoms with Crippen LogP contribution in [0.25, 0.3) is 11.1 Å². The first kappa shape index (κ1) is 29.1. The SMILES string of the molecule is Cc1c(NC(=O)c2cc3c(s2)CCCCC3)cccc1-c1cc(Nc2ccc(N3CCS(=O)(=O)CC3)cn2)c(=O)n(C)c1. The summed E-state index contributed by atoms with van der Waals surface area (Å²) in [5.74, 6) is 0.683. The summed E-state index contributed by atoms with van der Waals surface area (Å²) >= 11 is 1.61. The number of rotatable bonds is 6. The van der Waals surface area contributed by atoms with Gasteiger partial charge in [-0.25, -0.2) is 13.4 Å². The van der Waals surface area contributed by atoms with Gasteiger partial charge in [-0.15, -0.1) is 11.3 Å². The number of nitrogens with zero attached hydrogens (tertiary/aromatic N) is 3. The number of hydrogen-bond acceptors (Lipinski definition) is 8. The van der Waals surface area contributed by atoms with Gasteiger partial charge in [-0.3, -0.25) is 9.59 Å².